The molecule has 148 valence electrons. The van der Waals surface area contributed by atoms with Gasteiger partial charge in [0.05, 0.1) is 16.8 Å². The van der Waals surface area contributed by atoms with Gasteiger partial charge in [0.25, 0.3) is 11.8 Å². The smallest absolute Gasteiger partial charge is 0.416 e. The molecular weight excluding hydrogens is 373 g/mol. The largest absolute Gasteiger partial charge is 0.484 e. The van der Waals surface area contributed by atoms with Crippen LogP contribution in [0.25, 0.3) is 0 Å². The van der Waals surface area contributed by atoms with E-state index in [0.29, 0.717) is 24.3 Å². The van der Waals surface area contributed by atoms with Crippen LogP contribution in [0.15, 0.2) is 48.5 Å². The first kappa shape index (κ1) is 19.7. The Morgan fingerprint density at radius 3 is 2.46 bits per heavy atom. The lowest BCUT2D eigenvalue weighted by Crippen LogP contribution is -2.29. The van der Waals surface area contributed by atoms with Crippen LogP contribution in [0.5, 0.6) is 5.75 Å². The Kier molecular flexibility index (Phi) is 5.87. The number of carbonyl (C=O) groups excluding carboxylic acids is 2. The maximum absolute atomic E-state index is 12.7. The molecule has 3 rings (SSSR count). The van der Waals surface area contributed by atoms with Crippen molar-refractivity contribution in [3.8, 4) is 5.75 Å². The van der Waals surface area contributed by atoms with Gasteiger partial charge in [-0.25, -0.2) is 0 Å². The first-order valence-electron chi connectivity index (χ1n) is 8.83. The van der Waals surface area contributed by atoms with Gasteiger partial charge in [-0.3, -0.25) is 9.59 Å². The van der Waals surface area contributed by atoms with Crippen LogP contribution in [0.3, 0.4) is 0 Å². The summed E-state index contributed by atoms with van der Waals surface area (Å²) in [4.78, 5) is 26.5. The summed E-state index contributed by atoms with van der Waals surface area (Å²) in [5, 5.41) is 2.60. The number of rotatable bonds is 5. The van der Waals surface area contributed by atoms with Gasteiger partial charge >= 0.3 is 6.18 Å². The van der Waals surface area contributed by atoms with Gasteiger partial charge in [0.1, 0.15) is 5.75 Å². The second kappa shape index (κ2) is 8.33. The zero-order valence-electron chi connectivity index (χ0n) is 15.0. The molecule has 0 atom stereocenters. The molecule has 1 saturated heterocycles. The van der Waals surface area contributed by atoms with Gasteiger partial charge < -0.3 is 15.0 Å². The molecule has 2 aromatic rings. The molecule has 0 bridgehead atoms. The lowest BCUT2D eigenvalue weighted by atomic mass is 10.1. The summed E-state index contributed by atoms with van der Waals surface area (Å²) in [5.74, 6) is -0.794. The molecule has 0 spiro atoms. The number of halogens is 3. The summed E-state index contributed by atoms with van der Waals surface area (Å²) in [6.45, 7) is 0.882. The summed E-state index contributed by atoms with van der Waals surface area (Å²) >= 11 is 0. The molecular formula is C20H19F3N2O3. The normalized spacial score (nSPS) is 14.0. The van der Waals surface area contributed by atoms with E-state index in [1.807, 2.05) is 0 Å². The van der Waals surface area contributed by atoms with E-state index < -0.39 is 24.3 Å². The third kappa shape index (κ3) is 4.82. The molecule has 1 heterocycles. The molecule has 1 fully saturated rings. The number of hydrogen-bond acceptors (Lipinski definition) is 3. The Balaban J connectivity index is 1.63. The minimum Gasteiger partial charge on any atom is -0.484 e. The number of amides is 2. The molecule has 0 unspecified atom stereocenters. The lowest BCUT2D eigenvalue weighted by Gasteiger charge is -2.18. The molecule has 1 aliphatic rings. The minimum atomic E-state index is -4.49. The van der Waals surface area contributed by atoms with Crippen LogP contribution in [0.1, 0.15) is 28.8 Å². The number of para-hydroxylation sites is 1. The van der Waals surface area contributed by atoms with E-state index in [1.165, 1.54) is 12.1 Å². The molecule has 0 radical (unpaired) electrons. The summed E-state index contributed by atoms with van der Waals surface area (Å²) in [7, 11) is 0. The Morgan fingerprint density at radius 2 is 1.75 bits per heavy atom. The highest BCUT2D eigenvalue weighted by atomic mass is 19.4. The standard InChI is InChI=1S/C20H19F3N2O3/c21-20(22,23)14-6-5-7-15(12-14)28-13-18(26)24-17-9-2-1-8-16(17)19(27)25-10-3-4-11-25/h1-2,5-9,12H,3-4,10-11,13H2,(H,24,26). The Labute approximate surface area is 160 Å². The van der Waals surface area contributed by atoms with E-state index >= 15 is 0 Å². The maximum atomic E-state index is 12.7. The average molecular weight is 392 g/mol. The monoisotopic (exact) mass is 392 g/mol. The number of carbonyl (C=O) groups is 2. The van der Waals surface area contributed by atoms with Crippen LogP contribution >= 0.6 is 0 Å². The molecule has 0 aromatic heterocycles. The number of anilines is 1. The Morgan fingerprint density at radius 1 is 1.04 bits per heavy atom. The average Bonchev–Trinajstić information content (AvgIpc) is 3.21. The van der Waals surface area contributed by atoms with Gasteiger partial charge in [-0.1, -0.05) is 18.2 Å². The number of ether oxygens (including phenoxy) is 1. The van der Waals surface area contributed by atoms with Crippen molar-refractivity contribution in [2.24, 2.45) is 0 Å². The quantitative estimate of drug-likeness (QED) is 0.838. The van der Waals surface area contributed by atoms with Crippen LogP contribution in [0, 0.1) is 0 Å². The van der Waals surface area contributed by atoms with Crippen molar-refractivity contribution in [2.75, 3.05) is 25.0 Å². The van der Waals surface area contributed by atoms with Crippen LogP contribution in [0.4, 0.5) is 18.9 Å². The molecule has 5 nitrogen and oxygen atoms in total. The fourth-order valence-electron chi connectivity index (χ4n) is 2.97. The van der Waals surface area contributed by atoms with E-state index in [0.717, 1.165) is 25.0 Å². The van der Waals surface area contributed by atoms with Crippen molar-refractivity contribution in [1.29, 1.82) is 0 Å². The summed E-state index contributed by atoms with van der Waals surface area (Å²) in [6, 6.07) is 10.9. The summed E-state index contributed by atoms with van der Waals surface area (Å²) in [5.41, 5.74) is -0.138. The highest BCUT2D eigenvalue weighted by molar-refractivity contribution is 6.04. The number of alkyl halides is 3. The zero-order valence-corrected chi connectivity index (χ0v) is 15.0. The molecule has 2 amide bonds. The van der Waals surface area contributed by atoms with Crippen molar-refractivity contribution in [3.63, 3.8) is 0 Å². The fraction of sp³-hybridized carbons (Fsp3) is 0.300. The predicted octanol–water partition coefficient (Wildman–Crippen LogP) is 3.96. The molecule has 0 aliphatic carbocycles. The van der Waals surface area contributed by atoms with Gasteiger partial charge in [-0.05, 0) is 43.2 Å². The van der Waals surface area contributed by atoms with Gasteiger partial charge in [0.15, 0.2) is 6.61 Å². The van der Waals surface area contributed by atoms with Gasteiger partial charge in [-0.15, -0.1) is 0 Å². The molecule has 8 heteroatoms. The van der Waals surface area contributed by atoms with Crippen molar-refractivity contribution < 1.29 is 27.5 Å². The van der Waals surface area contributed by atoms with E-state index in [9.17, 15) is 22.8 Å². The highest BCUT2D eigenvalue weighted by Crippen LogP contribution is 2.31. The number of likely N-dealkylation sites (tertiary alicyclic amines) is 1. The number of hydrogen-bond donors (Lipinski definition) is 1. The zero-order chi connectivity index (χ0) is 20.1. The van der Waals surface area contributed by atoms with Crippen molar-refractivity contribution in [2.45, 2.75) is 19.0 Å². The van der Waals surface area contributed by atoms with Gasteiger partial charge in [-0.2, -0.15) is 13.2 Å². The highest BCUT2D eigenvalue weighted by Gasteiger charge is 2.30. The third-order valence-corrected chi connectivity index (χ3v) is 4.36. The van der Waals surface area contributed by atoms with Crippen LogP contribution in [0.2, 0.25) is 0 Å². The first-order valence-corrected chi connectivity index (χ1v) is 8.83. The molecule has 1 N–H and O–H groups in total. The minimum absolute atomic E-state index is 0.0635. The molecule has 28 heavy (non-hydrogen) atoms. The molecule has 1 aliphatic heterocycles. The lowest BCUT2D eigenvalue weighted by molar-refractivity contribution is -0.137. The van der Waals surface area contributed by atoms with E-state index in [4.69, 9.17) is 4.74 Å². The number of nitrogens with zero attached hydrogens (tertiary/aromatic N) is 1. The predicted molar refractivity (Wildman–Crippen MR) is 97.1 cm³/mol. The second-order valence-corrected chi connectivity index (χ2v) is 6.41. The van der Waals surface area contributed by atoms with Gasteiger partial charge in [0, 0.05) is 13.1 Å². The first-order chi connectivity index (χ1) is 13.3. The maximum Gasteiger partial charge on any atom is 0.416 e. The SMILES string of the molecule is O=C(COc1cccc(C(F)(F)F)c1)Nc1ccccc1C(=O)N1CCCC1. The van der Waals surface area contributed by atoms with Gasteiger partial charge in [0.2, 0.25) is 0 Å². The van der Waals surface area contributed by atoms with E-state index in [1.54, 1.807) is 29.2 Å². The van der Waals surface area contributed by atoms with E-state index in [-0.39, 0.29) is 11.7 Å². The summed E-state index contributed by atoms with van der Waals surface area (Å²) in [6.07, 6.45) is -2.59. The topological polar surface area (TPSA) is 58.6 Å². The van der Waals surface area contributed by atoms with Crippen molar-refractivity contribution >= 4 is 17.5 Å². The van der Waals surface area contributed by atoms with Crippen LogP contribution < -0.4 is 10.1 Å². The number of benzene rings is 2. The van der Waals surface area contributed by atoms with E-state index in [2.05, 4.69) is 5.32 Å². The number of nitrogens with one attached hydrogen (secondary N) is 1. The Bertz CT molecular complexity index is 862. The van der Waals surface area contributed by atoms with Crippen molar-refractivity contribution in [3.05, 3.63) is 59.7 Å². The fourth-order valence-corrected chi connectivity index (χ4v) is 2.97. The Hall–Kier alpha value is -3.03. The van der Waals surface area contributed by atoms with Crippen LogP contribution in [-0.4, -0.2) is 36.4 Å². The second-order valence-electron chi connectivity index (χ2n) is 6.41. The molecule has 0 saturated carbocycles. The summed E-state index contributed by atoms with van der Waals surface area (Å²) < 4.78 is 43.4. The van der Waals surface area contributed by atoms with Crippen molar-refractivity contribution in [1.82, 2.24) is 4.90 Å². The third-order valence-electron chi connectivity index (χ3n) is 4.36. The molecule has 2 aromatic carbocycles. The van der Waals surface area contributed by atoms with Crippen LogP contribution in [-0.2, 0) is 11.0 Å².